The van der Waals surface area contributed by atoms with Crippen LogP contribution in [0.25, 0.3) is 0 Å². The number of piperidine rings is 1. The fraction of sp³-hybridized carbons (Fsp3) is 0.261. The van der Waals surface area contributed by atoms with Gasteiger partial charge in [-0.25, -0.2) is 4.90 Å². The van der Waals surface area contributed by atoms with E-state index in [0.29, 0.717) is 22.2 Å². The third-order valence-electron chi connectivity index (χ3n) is 5.63. The number of anilines is 2. The highest BCUT2D eigenvalue weighted by molar-refractivity contribution is 6.54. The number of nitrogens with zero attached hydrogens (tertiary/aromatic N) is 2. The fourth-order valence-corrected chi connectivity index (χ4v) is 4.34. The Balaban J connectivity index is 1.56. The molecule has 2 aromatic carbocycles. The van der Waals surface area contributed by atoms with Gasteiger partial charge in [-0.05, 0) is 55.2 Å². The van der Waals surface area contributed by atoms with Crippen molar-refractivity contribution in [1.82, 2.24) is 4.90 Å². The first kappa shape index (κ1) is 22.6. The van der Waals surface area contributed by atoms with Crippen molar-refractivity contribution in [2.75, 3.05) is 23.3 Å². The SMILES string of the molecule is CC1CCN(C(=O)c2cccc(NC3=C(Cl)C(=O)N(c4cc(Cl)ccc4Cl)C3=O)c2)CC1. The largest absolute Gasteiger partial charge is 0.350 e. The van der Waals surface area contributed by atoms with Gasteiger partial charge in [-0.1, -0.05) is 47.8 Å². The number of carbonyl (C=O) groups is 3. The molecule has 4 rings (SSSR count). The Labute approximate surface area is 200 Å². The zero-order valence-electron chi connectivity index (χ0n) is 17.2. The van der Waals surface area contributed by atoms with Crippen molar-refractivity contribution in [1.29, 1.82) is 0 Å². The summed E-state index contributed by atoms with van der Waals surface area (Å²) in [4.78, 5) is 41.3. The van der Waals surface area contributed by atoms with Crippen LogP contribution >= 0.6 is 34.8 Å². The van der Waals surface area contributed by atoms with Crippen molar-refractivity contribution in [3.8, 4) is 0 Å². The minimum absolute atomic E-state index is 0.0678. The number of nitrogens with one attached hydrogen (secondary N) is 1. The van der Waals surface area contributed by atoms with E-state index in [1.54, 1.807) is 30.3 Å². The summed E-state index contributed by atoms with van der Waals surface area (Å²) in [6.45, 7) is 3.62. The minimum atomic E-state index is -0.710. The van der Waals surface area contributed by atoms with E-state index in [1.807, 2.05) is 4.90 Å². The molecule has 1 N–H and O–H groups in total. The molecule has 3 amide bonds. The van der Waals surface area contributed by atoms with Crippen molar-refractivity contribution in [3.05, 3.63) is 68.8 Å². The average molecular weight is 493 g/mol. The number of amides is 3. The number of likely N-dealkylation sites (tertiary alicyclic amines) is 1. The Bertz CT molecular complexity index is 1140. The molecule has 0 saturated carbocycles. The van der Waals surface area contributed by atoms with Crippen molar-refractivity contribution in [3.63, 3.8) is 0 Å². The average Bonchev–Trinajstić information content (AvgIpc) is 2.99. The monoisotopic (exact) mass is 491 g/mol. The smallest absolute Gasteiger partial charge is 0.283 e. The predicted octanol–water partition coefficient (Wildman–Crippen LogP) is 5.30. The van der Waals surface area contributed by atoms with E-state index >= 15 is 0 Å². The van der Waals surface area contributed by atoms with Gasteiger partial charge in [0.05, 0.1) is 10.7 Å². The minimum Gasteiger partial charge on any atom is -0.350 e. The molecular weight excluding hydrogens is 473 g/mol. The van der Waals surface area contributed by atoms with Gasteiger partial charge >= 0.3 is 0 Å². The van der Waals surface area contributed by atoms with E-state index < -0.39 is 11.8 Å². The summed E-state index contributed by atoms with van der Waals surface area (Å²) in [5.41, 5.74) is 1.01. The lowest BCUT2D eigenvalue weighted by Crippen LogP contribution is -2.37. The van der Waals surface area contributed by atoms with Gasteiger partial charge in [0, 0.05) is 29.4 Å². The highest BCUT2D eigenvalue weighted by atomic mass is 35.5. The molecule has 166 valence electrons. The number of imide groups is 1. The number of hydrogen-bond donors (Lipinski definition) is 1. The molecule has 2 aromatic rings. The van der Waals surface area contributed by atoms with Gasteiger partial charge in [-0.3, -0.25) is 14.4 Å². The molecule has 32 heavy (non-hydrogen) atoms. The van der Waals surface area contributed by atoms with Crippen molar-refractivity contribution in [2.45, 2.75) is 19.8 Å². The van der Waals surface area contributed by atoms with Crippen LogP contribution in [-0.4, -0.2) is 35.7 Å². The quantitative estimate of drug-likeness (QED) is 0.588. The summed E-state index contributed by atoms with van der Waals surface area (Å²) in [6, 6.07) is 11.2. The molecule has 0 radical (unpaired) electrons. The van der Waals surface area contributed by atoms with Gasteiger partial charge in [-0.15, -0.1) is 0 Å². The third-order valence-corrected chi connectivity index (χ3v) is 6.53. The lowest BCUT2D eigenvalue weighted by atomic mass is 9.98. The van der Waals surface area contributed by atoms with Crippen LogP contribution < -0.4 is 10.2 Å². The first-order valence-electron chi connectivity index (χ1n) is 10.2. The molecule has 0 unspecified atom stereocenters. The zero-order valence-corrected chi connectivity index (χ0v) is 19.5. The van der Waals surface area contributed by atoms with Gasteiger partial charge in [0.25, 0.3) is 17.7 Å². The molecule has 0 aliphatic carbocycles. The Kier molecular flexibility index (Phi) is 6.47. The molecule has 2 aliphatic heterocycles. The van der Waals surface area contributed by atoms with E-state index in [-0.39, 0.29) is 27.3 Å². The van der Waals surface area contributed by atoms with Crippen LogP contribution in [0.1, 0.15) is 30.1 Å². The van der Waals surface area contributed by atoms with Crippen LogP contribution in [-0.2, 0) is 9.59 Å². The second-order valence-electron chi connectivity index (χ2n) is 7.91. The Morgan fingerprint density at radius 1 is 1.00 bits per heavy atom. The normalized spacial score (nSPS) is 17.4. The van der Waals surface area contributed by atoms with Crippen LogP contribution in [0.4, 0.5) is 11.4 Å². The third kappa shape index (κ3) is 4.35. The molecular formula is C23H20Cl3N3O3. The van der Waals surface area contributed by atoms with Crippen LogP contribution in [0.3, 0.4) is 0 Å². The molecule has 9 heteroatoms. The summed E-state index contributed by atoms with van der Waals surface area (Å²) in [7, 11) is 0. The van der Waals surface area contributed by atoms with E-state index in [0.717, 1.165) is 30.8 Å². The van der Waals surface area contributed by atoms with Gasteiger partial charge in [0.1, 0.15) is 10.7 Å². The molecule has 0 aromatic heterocycles. The molecule has 0 atom stereocenters. The zero-order chi connectivity index (χ0) is 23.0. The highest BCUT2D eigenvalue weighted by Crippen LogP contribution is 2.36. The lowest BCUT2D eigenvalue weighted by Gasteiger charge is -2.30. The summed E-state index contributed by atoms with van der Waals surface area (Å²) >= 11 is 18.4. The first-order valence-corrected chi connectivity index (χ1v) is 11.3. The molecule has 6 nitrogen and oxygen atoms in total. The van der Waals surface area contributed by atoms with Crippen LogP contribution in [0, 0.1) is 5.92 Å². The van der Waals surface area contributed by atoms with Gasteiger partial charge in [-0.2, -0.15) is 0 Å². The van der Waals surface area contributed by atoms with Crippen molar-refractivity contribution < 1.29 is 14.4 Å². The maximum absolute atomic E-state index is 13.0. The predicted molar refractivity (Wildman–Crippen MR) is 126 cm³/mol. The lowest BCUT2D eigenvalue weighted by molar-refractivity contribution is -0.120. The van der Waals surface area contributed by atoms with Gasteiger partial charge in [0.2, 0.25) is 0 Å². The second kappa shape index (κ2) is 9.14. The molecule has 2 heterocycles. The summed E-state index contributed by atoms with van der Waals surface area (Å²) in [5.74, 6) is -0.825. The first-order chi connectivity index (χ1) is 15.3. The van der Waals surface area contributed by atoms with Crippen LogP contribution in [0.15, 0.2) is 53.2 Å². The van der Waals surface area contributed by atoms with Crippen LogP contribution in [0.5, 0.6) is 0 Å². The molecule has 2 aliphatic rings. The summed E-state index contributed by atoms with van der Waals surface area (Å²) in [6.07, 6.45) is 1.95. The summed E-state index contributed by atoms with van der Waals surface area (Å²) in [5, 5.41) is 3.13. The topological polar surface area (TPSA) is 69.7 Å². The van der Waals surface area contributed by atoms with Crippen molar-refractivity contribution in [2.24, 2.45) is 5.92 Å². The molecule has 1 fully saturated rings. The number of halogens is 3. The molecule has 1 saturated heterocycles. The van der Waals surface area contributed by atoms with Gasteiger partial charge < -0.3 is 10.2 Å². The fourth-order valence-electron chi connectivity index (χ4n) is 3.76. The molecule has 0 bridgehead atoms. The Morgan fingerprint density at radius 3 is 2.44 bits per heavy atom. The summed E-state index contributed by atoms with van der Waals surface area (Å²) < 4.78 is 0. The Hall–Kier alpha value is -2.54. The maximum Gasteiger partial charge on any atom is 0.283 e. The maximum atomic E-state index is 13.0. The van der Waals surface area contributed by atoms with E-state index in [1.165, 1.54) is 12.1 Å². The van der Waals surface area contributed by atoms with Crippen LogP contribution in [0.2, 0.25) is 10.0 Å². The van der Waals surface area contributed by atoms with E-state index in [4.69, 9.17) is 34.8 Å². The number of benzene rings is 2. The Morgan fingerprint density at radius 2 is 1.72 bits per heavy atom. The number of rotatable bonds is 4. The van der Waals surface area contributed by atoms with Crippen molar-refractivity contribution >= 4 is 63.9 Å². The molecule has 0 spiro atoms. The number of hydrogen-bond acceptors (Lipinski definition) is 4. The standard InChI is InChI=1S/C23H20Cl3N3O3/c1-13-7-9-28(10-8-13)21(30)14-3-2-4-16(11-14)27-20-19(26)22(31)29(23(20)32)18-12-15(24)5-6-17(18)25/h2-6,11-13,27H,7-10H2,1H3. The highest BCUT2D eigenvalue weighted by Gasteiger charge is 2.40. The van der Waals surface area contributed by atoms with E-state index in [9.17, 15) is 14.4 Å². The second-order valence-corrected chi connectivity index (χ2v) is 9.13. The number of carbonyl (C=O) groups excluding carboxylic acids is 3. The van der Waals surface area contributed by atoms with E-state index in [2.05, 4.69) is 12.2 Å². The van der Waals surface area contributed by atoms with Gasteiger partial charge in [0.15, 0.2) is 0 Å².